The van der Waals surface area contributed by atoms with Gasteiger partial charge in [0.2, 0.25) is 0 Å². The van der Waals surface area contributed by atoms with E-state index in [0.717, 1.165) is 3.57 Å². The van der Waals surface area contributed by atoms with Crippen LogP contribution in [-0.4, -0.2) is 28.6 Å². The number of amides is 1. The Labute approximate surface area is 131 Å². The quantitative estimate of drug-likeness (QED) is 0.748. The van der Waals surface area contributed by atoms with Gasteiger partial charge >= 0.3 is 5.97 Å². The molecule has 20 heavy (non-hydrogen) atoms. The number of aromatic carboxylic acids is 1. The Bertz CT molecular complexity index is 630. The first-order valence-electron chi connectivity index (χ1n) is 5.41. The number of anilines is 1. The summed E-state index contributed by atoms with van der Waals surface area (Å²) in [5, 5.41) is 13.7. The molecule has 0 unspecified atom stereocenters. The summed E-state index contributed by atoms with van der Waals surface area (Å²) in [6, 6.07) is 4.49. The standard InChI is InChI=1S/C12H9IN2O4S/c13-8-2-1-7(11(17)18)5-9(8)19-6-10(16)15-12-14-3-4-20-12/h1-5H,6H2,(H,17,18)(H,14,15,16). The average Bonchev–Trinajstić information content (AvgIpc) is 2.90. The second kappa shape index (κ2) is 6.66. The van der Waals surface area contributed by atoms with Crippen LogP contribution in [0, 0.1) is 3.57 Å². The van der Waals surface area contributed by atoms with E-state index in [1.54, 1.807) is 17.6 Å². The molecule has 1 aromatic carbocycles. The van der Waals surface area contributed by atoms with Crippen LogP contribution in [0.3, 0.4) is 0 Å². The van der Waals surface area contributed by atoms with Gasteiger partial charge in [0.15, 0.2) is 11.7 Å². The number of nitrogens with zero attached hydrogens (tertiary/aromatic N) is 1. The van der Waals surface area contributed by atoms with Gasteiger partial charge in [0.05, 0.1) is 9.13 Å². The van der Waals surface area contributed by atoms with E-state index in [9.17, 15) is 9.59 Å². The maximum Gasteiger partial charge on any atom is 0.335 e. The molecule has 1 aromatic heterocycles. The fourth-order valence-corrected chi connectivity index (χ4v) is 2.37. The fraction of sp³-hybridized carbons (Fsp3) is 0.0833. The van der Waals surface area contributed by atoms with Crippen LogP contribution in [0.4, 0.5) is 5.13 Å². The van der Waals surface area contributed by atoms with E-state index >= 15 is 0 Å². The molecule has 0 aliphatic heterocycles. The van der Waals surface area contributed by atoms with Crippen molar-refractivity contribution in [1.29, 1.82) is 0 Å². The number of carbonyl (C=O) groups excluding carboxylic acids is 1. The molecular formula is C12H9IN2O4S. The van der Waals surface area contributed by atoms with Crippen molar-refractivity contribution in [2.75, 3.05) is 11.9 Å². The molecule has 1 heterocycles. The average molecular weight is 404 g/mol. The molecule has 2 aromatic rings. The Morgan fingerprint density at radius 2 is 2.25 bits per heavy atom. The summed E-state index contributed by atoms with van der Waals surface area (Å²) in [7, 11) is 0. The molecule has 0 aliphatic carbocycles. The zero-order valence-corrected chi connectivity index (χ0v) is 13.0. The Kier molecular flexibility index (Phi) is 4.90. The highest BCUT2D eigenvalue weighted by molar-refractivity contribution is 14.1. The summed E-state index contributed by atoms with van der Waals surface area (Å²) >= 11 is 3.31. The SMILES string of the molecule is O=C(COc1cc(C(=O)O)ccc1I)Nc1nccs1. The highest BCUT2D eigenvalue weighted by atomic mass is 127. The lowest BCUT2D eigenvalue weighted by Crippen LogP contribution is -2.20. The number of rotatable bonds is 5. The summed E-state index contributed by atoms with van der Waals surface area (Å²) in [5.41, 5.74) is 0.112. The first kappa shape index (κ1) is 14.7. The molecule has 0 spiro atoms. The number of hydrogen-bond acceptors (Lipinski definition) is 5. The van der Waals surface area contributed by atoms with E-state index < -0.39 is 5.97 Å². The predicted octanol–water partition coefficient (Wildman–Crippen LogP) is 2.46. The molecule has 2 N–H and O–H groups in total. The van der Waals surface area contributed by atoms with Gasteiger partial charge in [0.25, 0.3) is 5.91 Å². The van der Waals surface area contributed by atoms with Crippen molar-refractivity contribution in [3.63, 3.8) is 0 Å². The lowest BCUT2D eigenvalue weighted by atomic mass is 10.2. The molecule has 8 heteroatoms. The third kappa shape index (κ3) is 3.90. The molecule has 0 radical (unpaired) electrons. The van der Waals surface area contributed by atoms with Crippen LogP contribution in [0.1, 0.15) is 10.4 Å². The second-order valence-electron chi connectivity index (χ2n) is 3.62. The van der Waals surface area contributed by atoms with Gasteiger partial charge in [-0.05, 0) is 40.8 Å². The zero-order chi connectivity index (χ0) is 14.5. The van der Waals surface area contributed by atoms with Gasteiger partial charge < -0.3 is 9.84 Å². The van der Waals surface area contributed by atoms with E-state index in [1.165, 1.54) is 23.5 Å². The summed E-state index contributed by atoms with van der Waals surface area (Å²) < 4.78 is 6.06. The molecule has 6 nitrogen and oxygen atoms in total. The third-order valence-corrected chi connectivity index (χ3v) is 3.80. The van der Waals surface area contributed by atoms with Crippen LogP contribution in [0.5, 0.6) is 5.75 Å². The number of benzene rings is 1. The smallest absolute Gasteiger partial charge is 0.335 e. The summed E-state index contributed by atoms with van der Waals surface area (Å²) in [6.45, 7) is -0.210. The van der Waals surface area contributed by atoms with E-state index in [4.69, 9.17) is 9.84 Å². The lowest BCUT2D eigenvalue weighted by Gasteiger charge is -2.08. The number of halogens is 1. The zero-order valence-electron chi connectivity index (χ0n) is 10.00. The highest BCUT2D eigenvalue weighted by Gasteiger charge is 2.10. The number of carboxylic acid groups (broad SMARTS) is 1. The molecule has 0 fully saturated rings. The number of hydrogen-bond donors (Lipinski definition) is 2. The topological polar surface area (TPSA) is 88.5 Å². The van der Waals surface area contributed by atoms with Crippen molar-refractivity contribution in [2.45, 2.75) is 0 Å². The molecule has 104 valence electrons. The Hall–Kier alpha value is -1.68. The highest BCUT2D eigenvalue weighted by Crippen LogP contribution is 2.22. The van der Waals surface area contributed by atoms with Crippen LogP contribution in [-0.2, 0) is 4.79 Å². The van der Waals surface area contributed by atoms with Crippen LogP contribution in [0.15, 0.2) is 29.8 Å². The van der Waals surface area contributed by atoms with E-state index in [1.807, 2.05) is 22.6 Å². The van der Waals surface area contributed by atoms with Gasteiger partial charge in [-0.15, -0.1) is 11.3 Å². The normalized spacial score (nSPS) is 10.1. The number of nitrogens with one attached hydrogen (secondary N) is 1. The Morgan fingerprint density at radius 3 is 2.90 bits per heavy atom. The van der Waals surface area contributed by atoms with Gasteiger partial charge in [-0.25, -0.2) is 9.78 Å². The van der Waals surface area contributed by atoms with Crippen LogP contribution in [0.25, 0.3) is 0 Å². The molecule has 0 aliphatic rings. The second-order valence-corrected chi connectivity index (χ2v) is 5.68. The number of ether oxygens (including phenoxy) is 1. The lowest BCUT2D eigenvalue weighted by molar-refractivity contribution is -0.118. The van der Waals surface area contributed by atoms with Gasteiger partial charge in [-0.1, -0.05) is 0 Å². The number of carbonyl (C=O) groups is 2. The first-order valence-corrected chi connectivity index (χ1v) is 7.37. The molecule has 1 amide bonds. The first-order chi connectivity index (χ1) is 9.56. The van der Waals surface area contributed by atoms with Crippen LogP contribution in [0.2, 0.25) is 0 Å². The van der Waals surface area contributed by atoms with Crippen molar-refractivity contribution in [2.24, 2.45) is 0 Å². The van der Waals surface area contributed by atoms with E-state index in [2.05, 4.69) is 10.3 Å². The largest absolute Gasteiger partial charge is 0.483 e. The molecule has 0 atom stereocenters. The van der Waals surface area contributed by atoms with Crippen molar-refractivity contribution in [1.82, 2.24) is 4.98 Å². The van der Waals surface area contributed by atoms with Crippen molar-refractivity contribution in [3.05, 3.63) is 38.9 Å². The third-order valence-electron chi connectivity index (χ3n) is 2.22. The number of thiazole rings is 1. The maximum absolute atomic E-state index is 11.6. The molecular weight excluding hydrogens is 395 g/mol. The summed E-state index contributed by atoms with van der Waals surface area (Å²) in [5.74, 6) is -1.03. The molecule has 0 bridgehead atoms. The fourth-order valence-electron chi connectivity index (χ4n) is 1.33. The predicted molar refractivity (Wildman–Crippen MR) is 82.4 cm³/mol. The van der Waals surface area contributed by atoms with Gasteiger partial charge in [0.1, 0.15) is 5.75 Å². The van der Waals surface area contributed by atoms with Crippen LogP contribution < -0.4 is 10.1 Å². The minimum atomic E-state index is -1.04. The Balaban J connectivity index is 1.98. The van der Waals surface area contributed by atoms with Crippen molar-refractivity contribution >= 4 is 50.9 Å². The van der Waals surface area contributed by atoms with Crippen molar-refractivity contribution < 1.29 is 19.4 Å². The minimum Gasteiger partial charge on any atom is -0.483 e. The maximum atomic E-state index is 11.6. The molecule has 0 saturated carbocycles. The number of aromatic nitrogens is 1. The summed E-state index contributed by atoms with van der Waals surface area (Å²) in [4.78, 5) is 26.4. The van der Waals surface area contributed by atoms with Gasteiger partial charge in [0, 0.05) is 11.6 Å². The minimum absolute atomic E-state index is 0.112. The monoisotopic (exact) mass is 404 g/mol. The molecule has 0 saturated heterocycles. The van der Waals surface area contributed by atoms with E-state index in [0.29, 0.717) is 10.9 Å². The number of carboxylic acids is 1. The van der Waals surface area contributed by atoms with Crippen molar-refractivity contribution in [3.8, 4) is 5.75 Å². The Morgan fingerprint density at radius 1 is 1.45 bits per heavy atom. The van der Waals surface area contributed by atoms with Gasteiger partial charge in [-0.2, -0.15) is 0 Å². The summed E-state index contributed by atoms with van der Waals surface area (Å²) in [6.07, 6.45) is 1.58. The van der Waals surface area contributed by atoms with Gasteiger partial charge in [-0.3, -0.25) is 10.1 Å². The van der Waals surface area contributed by atoms with Crippen LogP contribution >= 0.6 is 33.9 Å². The molecule has 2 rings (SSSR count). The van der Waals surface area contributed by atoms with E-state index in [-0.39, 0.29) is 18.1 Å².